The summed E-state index contributed by atoms with van der Waals surface area (Å²) in [7, 11) is -3.70. The molecule has 1 N–H and O–H groups in total. The number of para-hydroxylation sites is 2. The molecule has 0 saturated carbocycles. The summed E-state index contributed by atoms with van der Waals surface area (Å²) in [4.78, 5) is 13.8. The lowest BCUT2D eigenvalue weighted by Crippen LogP contribution is -2.25. The van der Waals surface area contributed by atoms with Gasteiger partial charge in [0.05, 0.1) is 16.3 Å². The molecule has 3 rings (SSSR count). The lowest BCUT2D eigenvalue weighted by molar-refractivity contribution is -0.117. The number of sulfonamides is 1. The fraction of sp³-hybridized carbons (Fsp3) is 0.278. The van der Waals surface area contributed by atoms with Crippen LogP contribution in [0.3, 0.4) is 0 Å². The molecule has 0 aromatic heterocycles. The van der Waals surface area contributed by atoms with E-state index in [1.165, 1.54) is 0 Å². The number of hydrogen-bond donors (Lipinski definition) is 1. The van der Waals surface area contributed by atoms with Crippen molar-refractivity contribution in [3.05, 3.63) is 54.1 Å². The van der Waals surface area contributed by atoms with E-state index in [-0.39, 0.29) is 10.8 Å². The van der Waals surface area contributed by atoms with E-state index in [1.54, 1.807) is 41.3 Å². The first kappa shape index (κ1) is 16.5. The molecule has 0 atom stereocenters. The Bertz CT molecular complexity index is 845. The third-order valence-corrected chi connectivity index (χ3v) is 5.54. The van der Waals surface area contributed by atoms with Crippen molar-refractivity contribution >= 4 is 27.3 Å². The largest absolute Gasteiger partial charge is 0.310 e. The van der Waals surface area contributed by atoms with Crippen LogP contribution in [0.2, 0.25) is 0 Å². The zero-order valence-corrected chi connectivity index (χ0v) is 14.3. The van der Waals surface area contributed by atoms with Crippen molar-refractivity contribution in [1.82, 2.24) is 0 Å². The zero-order valence-electron chi connectivity index (χ0n) is 13.5. The van der Waals surface area contributed by atoms with E-state index >= 15 is 0 Å². The van der Waals surface area contributed by atoms with E-state index < -0.39 is 10.0 Å². The molecule has 1 fully saturated rings. The second kappa shape index (κ2) is 6.65. The first-order valence-corrected chi connectivity index (χ1v) is 9.51. The van der Waals surface area contributed by atoms with Gasteiger partial charge in [0.25, 0.3) is 10.0 Å². The highest BCUT2D eigenvalue weighted by atomic mass is 32.2. The van der Waals surface area contributed by atoms with Gasteiger partial charge in [0.2, 0.25) is 5.91 Å². The number of anilines is 2. The first-order valence-electron chi connectivity index (χ1n) is 8.02. The van der Waals surface area contributed by atoms with Crippen LogP contribution in [0.1, 0.15) is 25.3 Å². The summed E-state index contributed by atoms with van der Waals surface area (Å²) in [5.41, 5.74) is 2.11. The van der Waals surface area contributed by atoms with Gasteiger partial charge in [-0.25, -0.2) is 8.42 Å². The molecule has 5 nitrogen and oxygen atoms in total. The van der Waals surface area contributed by atoms with Crippen molar-refractivity contribution in [2.75, 3.05) is 16.2 Å². The second-order valence-electron chi connectivity index (χ2n) is 5.77. The van der Waals surface area contributed by atoms with Crippen LogP contribution in [0.25, 0.3) is 0 Å². The fourth-order valence-corrected chi connectivity index (χ4v) is 3.88. The molecule has 0 spiro atoms. The monoisotopic (exact) mass is 344 g/mol. The van der Waals surface area contributed by atoms with E-state index in [2.05, 4.69) is 4.72 Å². The fourth-order valence-electron chi connectivity index (χ4n) is 2.81. The van der Waals surface area contributed by atoms with Gasteiger partial charge in [-0.2, -0.15) is 0 Å². The Morgan fingerprint density at radius 1 is 1.08 bits per heavy atom. The number of nitrogens with one attached hydrogen (secondary N) is 1. The lowest BCUT2D eigenvalue weighted by Gasteiger charge is -2.20. The van der Waals surface area contributed by atoms with Gasteiger partial charge in [-0.05, 0) is 42.7 Å². The first-order chi connectivity index (χ1) is 11.5. The third-order valence-electron chi connectivity index (χ3n) is 4.15. The SMILES string of the molecule is CCc1ccc(S(=O)(=O)Nc2ccccc2N2CCCC2=O)cc1. The van der Waals surface area contributed by atoms with Crippen LogP contribution in [0.15, 0.2) is 53.4 Å². The minimum absolute atomic E-state index is 0.0222. The highest BCUT2D eigenvalue weighted by molar-refractivity contribution is 7.92. The van der Waals surface area contributed by atoms with Crippen LogP contribution in [0, 0.1) is 0 Å². The average molecular weight is 344 g/mol. The quantitative estimate of drug-likeness (QED) is 0.906. The summed E-state index contributed by atoms with van der Waals surface area (Å²) in [6.07, 6.45) is 2.14. The highest BCUT2D eigenvalue weighted by Crippen LogP contribution is 2.31. The molecule has 126 valence electrons. The summed E-state index contributed by atoms with van der Waals surface area (Å²) in [6.45, 7) is 2.63. The van der Waals surface area contributed by atoms with E-state index in [4.69, 9.17) is 0 Å². The topological polar surface area (TPSA) is 66.5 Å². The smallest absolute Gasteiger partial charge is 0.261 e. The van der Waals surface area contributed by atoms with Crippen molar-refractivity contribution in [3.63, 3.8) is 0 Å². The summed E-state index contributed by atoms with van der Waals surface area (Å²) >= 11 is 0. The van der Waals surface area contributed by atoms with Crippen molar-refractivity contribution in [2.24, 2.45) is 0 Å². The Balaban J connectivity index is 1.91. The van der Waals surface area contributed by atoms with E-state index in [1.807, 2.05) is 19.1 Å². The minimum Gasteiger partial charge on any atom is -0.310 e. The molecule has 1 aliphatic rings. The van der Waals surface area contributed by atoms with Gasteiger partial charge < -0.3 is 4.90 Å². The summed E-state index contributed by atoms with van der Waals surface area (Å²) in [6, 6.07) is 13.8. The Labute approximate surface area is 142 Å². The molecule has 6 heteroatoms. The predicted octanol–water partition coefficient (Wildman–Crippen LogP) is 3.18. The molecule has 2 aromatic carbocycles. The van der Waals surface area contributed by atoms with Crippen LogP contribution >= 0.6 is 0 Å². The molecule has 2 aromatic rings. The molecular weight excluding hydrogens is 324 g/mol. The van der Waals surface area contributed by atoms with Crippen LogP contribution in [-0.4, -0.2) is 20.9 Å². The van der Waals surface area contributed by atoms with Gasteiger partial charge in [-0.1, -0.05) is 31.2 Å². The lowest BCUT2D eigenvalue weighted by atomic mass is 10.2. The Hall–Kier alpha value is -2.34. The standard InChI is InChI=1S/C18H20N2O3S/c1-2-14-9-11-15(12-10-14)24(22,23)19-16-6-3-4-7-17(16)20-13-5-8-18(20)21/h3-4,6-7,9-12,19H,2,5,8,13H2,1H3. The van der Waals surface area contributed by atoms with E-state index in [0.717, 1.165) is 18.4 Å². The molecular formula is C18H20N2O3S. The van der Waals surface area contributed by atoms with Gasteiger partial charge in [0.1, 0.15) is 0 Å². The van der Waals surface area contributed by atoms with Crippen molar-refractivity contribution in [1.29, 1.82) is 0 Å². The number of benzene rings is 2. The van der Waals surface area contributed by atoms with Crippen molar-refractivity contribution in [2.45, 2.75) is 31.1 Å². The molecule has 1 amide bonds. The molecule has 1 saturated heterocycles. The van der Waals surface area contributed by atoms with Crippen molar-refractivity contribution < 1.29 is 13.2 Å². The van der Waals surface area contributed by atoms with Crippen molar-refractivity contribution in [3.8, 4) is 0 Å². The molecule has 0 unspecified atom stereocenters. The maximum Gasteiger partial charge on any atom is 0.261 e. The van der Waals surface area contributed by atoms with Gasteiger partial charge in [-0.3, -0.25) is 9.52 Å². The highest BCUT2D eigenvalue weighted by Gasteiger charge is 2.25. The van der Waals surface area contributed by atoms with Crippen LogP contribution < -0.4 is 9.62 Å². The van der Waals surface area contributed by atoms with E-state index in [9.17, 15) is 13.2 Å². The maximum atomic E-state index is 12.6. The summed E-state index contributed by atoms with van der Waals surface area (Å²) < 4.78 is 27.9. The van der Waals surface area contributed by atoms with E-state index in [0.29, 0.717) is 24.3 Å². The molecule has 0 aliphatic carbocycles. The summed E-state index contributed by atoms with van der Waals surface area (Å²) in [5.74, 6) is 0.0222. The zero-order chi connectivity index (χ0) is 17.2. The number of amides is 1. The van der Waals surface area contributed by atoms with Crippen LogP contribution in [-0.2, 0) is 21.2 Å². The second-order valence-corrected chi connectivity index (χ2v) is 7.45. The summed E-state index contributed by atoms with van der Waals surface area (Å²) in [5, 5.41) is 0. The maximum absolute atomic E-state index is 12.6. The van der Waals surface area contributed by atoms with Gasteiger partial charge in [0.15, 0.2) is 0 Å². The average Bonchev–Trinajstić information content (AvgIpc) is 3.01. The Morgan fingerprint density at radius 3 is 2.42 bits per heavy atom. The van der Waals surface area contributed by atoms with Crippen LogP contribution in [0.5, 0.6) is 0 Å². The van der Waals surface area contributed by atoms with Gasteiger partial charge in [0, 0.05) is 13.0 Å². The molecule has 0 radical (unpaired) electrons. The number of aryl methyl sites for hydroxylation is 1. The number of carbonyl (C=O) groups is 1. The number of carbonyl (C=O) groups excluding carboxylic acids is 1. The normalized spacial score (nSPS) is 14.9. The van der Waals surface area contributed by atoms with Gasteiger partial charge >= 0.3 is 0 Å². The predicted molar refractivity (Wildman–Crippen MR) is 94.7 cm³/mol. The number of nitrogens with zero attached hydrogens (tertiary/aromatic N) is 1. The third kappa shape index (κ3) is 3.28. The molecule has 0 bridgehead atoms. The number of hydrogen-bond acceptors (Lipinski definition) is 3. The molecule has 1 aliphatic heterocycles. The Kier molecular flexibility index (Phi) is 4.57. The molecule has 1 heterocycles. The minimum atomic E-state index is -3.70. The number of rotatable bonds is 5. The van der Waals surface area contributed by atoms with Crippen LogP contribution in [0.4, 0.5) is 11.4 Å². The molecule has 24 heavy (non-hydrogen) atoms. The Morgan fingerprint density at radius 2 is 1.79 bits per heavy atom. The van der Waals surface area contributed by atoms with Gasteiger partial charge in [-0.15, -0.1) is 0 Å².